The number of fused-ring (bicyclic) bond motifs is 1. The van der Waals surface area contributed by atoms with Crippen LogP contribution in [0, 0.1) is 5.92 Å². The molecule has 1 aliphatic heterocycles. The molecule has 0 radical (unpaired) electrons. The van der Waals surface area contributed by atoms with E-state index in [-0.39, 0.29) is 0 Å². The summed E-state index contributed by atoms with van der Waals surface area (Å²) in [7, 11) is 0. The van der Waals surface area contributed by atoms with E-state index >= 15 is 0 Å². The first-order chi connectivity index (χ1) is 16.5. The molecule has 1 aliphatic rings. The minimum atomic E-state index is -1.39. The highest BCUT2D eigenvalue weighted by atomic mass is 16.2. The predicted molar refractivity (Wildman–Crippen MR) is 134 cm³/mol. The van der Waals surface area contributed by atoms with Crippen LogP contribution < -0.4 is 20.4 Å². The zero-order valence-electron chi connectivity index (χ0n) is 19.3. The summed E-state index contributed by atoms with van der Waals surface area (Å²) in [6, 6.07) is 23.4. The number of benzene rings is 3. The smallest absolute Gasteiger partial charge is 0.318 e. The molecule has 4 amide bonds. The molecule has 1 heterocycles. The van der Waals surface area contributed by atoms with Crippen LogP contribution in [0.2, 0.25) is 0 Å². The van der Waals surface area contributed by atoms with Crippen LogP contribution in [0.1, 0.15) is 20.3 Å². The average Bonchev–Trinajstić information content (AvgIpc) is 2.92. The quantitative estimate of drug-likeness (QED) is 0.516. The van der Waals surface area contributed by atoms with Crippen molar-refractivity contribution in [3.05, 3.63) is 84.9 Å². The maximum atomic E-state index is 13.8. The third kappa shape index (κ3) is 4.93. The van der Waals surface area contributed by atoms with E-state index < -0.39 is 23.9 Å². The number of amides is 4. The van der Waals surface area contributed by atoms with Crippen LogP contribution in [0.25, 0.3) is 0 Å². The fourth-order valence-electron chi connectivity index (χ4n) is 3.91. The lowest BCUT2D eigenvalue weighted by Gasteiger charge is -2.26. The Morgan fingerprint density at radius 3 is 2.06 bits per heavy atom. The molecular weight excluding hydrogens is 428 g/mol. The Bertz CT molecular complexity index is 1160. The van der Waals surface area contributed by atoms with E-state index in [2.05, 4.69) is 24.5 Å². The minimum Gasteiger partial charge on any atom is -0.318 e. The number of carbonyl (C=O) groups excluding carboxylic acids is 3. The summed E-state index contributed by atoms with van der Waals surface area (Å²) >= 11 is 0. The lowest BCUT2D eigenvalue weighted by Crippen LogP contribution is -2.55. The normalized spacial score (nSPS) is 15.7. The van der Waals surface area contributed by atoms with Crippen molar-refractivity contribution in [2.75, 3.05) is 21.7 Å². The van der Waals surface area contributed by atoms with Crippen LogP contribution in [0.5, 0.6) is 0 Å². The van der Waals surface area contributed by atoms with Gasteiger partial charge in [-0.2, -0.15) is 0 Å². The number of anilines is 4. The minimum absolute atomic E-state index is 0.358. The van der Waals surface area contributed by atoms with Gasteiger partial charge in [-0.1, -0.05) is 62.4 Å². The Labute approximate surface area is 199 Å². The number of urea groups is 1. The molecule has 3 aromatic carbocycles. The number of nitrogens with one attached hydrogen (secondary N) is 2. The second-order valence-corrected chi connectivity index (χ2v) is 8.57. The predicted octanol–water partition coefficient (Wildman–Crippen LogP) is 4.93. The fourth-order valence-corrected chi connectivity index (χ4v) is 3.91. The summed E-state index contributed by atoms with van der Waals surface area (Å²) in [5, 5.41) is 5.33. The van der Waals surface area contributed by atoms with Crippen molar-refractivity contribution in [1.29, 1.82) is 0 Å². The number of nitrogens with zero attached hydrogens (tertiary/aromatic N) is 2. The SMILES string of the molecule is CC(C)CCN1C(=O)C(NC(=O)Nc2ccccc2)C(=O)N(c2ccccc2)c2ccccc21. The third-order valence-corrected chi connectivity index (χ3v) is 5.65. The number of para-hydroxylation sites is 4. The molecule has 3 aromatic rings. The molecule has 0 aromatic heterocycles. The van der Waals surface area contributed by atoms with Gasteiger partial charge in [0.15, 0.2) is 6.04 Å². The van der Waals surface area contributed by atoms with E-state index in [1.54, 1.807) is 29.2 Å². The van der Waals surface area contributed by atoms with E-state index in [1.807, 2.05) is 60.7 Å². The van der Waals surface area contributed by atoms with Gasteiger partial charge in [-0.3, -0.25) is 14.5 Å². The highest BCUT2D eigenvalue weighted by molar-refractivity contribution is 6.24. The first-order valence-electron chi connectivity index (χ1n) is 11.4. The average molecular weight is 457 g/mol. The van der Waals surface area contributed by atoms with E-state index in [4.69, 9.17) is 0 Å². The molecule has 2 N–H and O–H groups in total. The van der Waals surface area contributed by atoms with Gasteiger partial charge in [0.2, 0.25) is 0 Å². The Morgan fingerprint density at radius 2 is 1.41 bits per heavy atom. The lowest BCUT2D eigenvalue weighted by molar-refractivity contribution is -0.128. The molecule has 7 nitrogen and oxygen atoms in total. The van der Waals surface area contributed by atoms with Gasteiger partial charge >= 0.3 is 6.03 Å². The summed E-state index contributed by atoms with van der Waals surface area (Å²) in [5.41, 5.74) is 2.42. The molecule has 34 heavy (non-hydrogen) atoms. The van der Waals surface area contributed by atoms with E-state index in [1.165, 1.54) is 4.90 Å². The van der Waals surface area contributed by atoms with Crippen LogP contribution in [-0.2, 0) is 9.59 Å². The van der Waals surface area contributed by atoms with Gasteiger partial charge in [0.25, 0.3) is 11.8 Å². The molecule has 1 atom stereocenters. The first kappa shape index (κ1) is 23.0. The number of carbonyl (C=O) groups is 3. The molecular formula is C27H28N4O3. The maximum Gasteiger partial charge on any atom is 0.320 e. The van der Waals surface area contributed by atoms with Gasteiger partial charge in [-0.25, -0.2) is 4.79 Å². The van der Waals surface area contributed by atoms with Crippen LogP contribution in [0.3, 0.4) is 0 Å². The van der Waals surface area contributed by atoms with Crippen molar-refractivity contribution >= 4 is 40.6 Å². The highest BCUT2D eigenvalue weighted by Gasteiger charge is 2.41. The Kier molecular flexibility index (Phi) is 6.92. The van der Waals surface area contributed by atoms with Crippen LogP contribution in [-0.4, -0.2) is 30.4 Å². The summed E-state index contributed by atoms with van der Waals surface area (Å²) in [4.78, 5) is 43.5. The Morgan fingerprint density at radius 1 is 0.824 bits per heavy atom. The van der Waals surface area contributed by atoms with E-state index in [0.717, 1.165) is 6.42 Å². The van der Waals surface area contributed by atoms with E-state index in [9.17, 15) is 14.4 Å². The van der Waals surface area contributed by atoms with Crippen molar-refractivity contribution in [2.45, 2.75) is 26.3 Å². The molecule has 0 saturated carbocycles. The van der Waals surface area contributed by atoms with Gasteiger partial charge in [0.05, 0.1) is 11.4 Å². The largest absolute Gasteiger partial charge is 0.320 e. The second kappa shape index (κ2) is 10.2. The number of hydrogen-bond donors (Lipinski definition) is 2. The molecule has 1 unspecified atom stereocenters. The standard InChI is InChI=1S/C27H28N4O3/c1-19(2)17-18-30-22-15-9-10-16-23(22)31(21-13-7-4-8-14-21)26(33)24(25(30)32)29-27(34)28-20-11-5-3-6-12-20/h3-16,19,24H,17-18H2,1-2H3,(H2,28,29,34). The van der Waals surface area contributed by atoms with Crippen molar-refractivity contribution < 1.29 is 14.4 Å². The zero-order valence-corrected chi connectivity index (χ0v) is 19.3. The van der Waals surface area contributed by atoms with Crippen molar-refractivity contribution in [3.8, 4) is 0 Å². The monoisotopic (exact) mass is 456 g/mol. The highest BCUT2D eigenvalue weighted by Crippen LogP contribution is 2.38. The van der Waals surface area contributed by atoms with Crippen LogP contribution in [0.15, 0.2) is 84.9 Å². The fraction of sp³-hybridized carbons (Fsp3) is 0.222. The first-order valence-corrected chi connectivity index (χ1v) is 11.4. The third-order valence-electron chi connectivity index (χ3n) is 5.65. The van der Waals surface area contributed by atoms with Crippen molar-refractivity contribution in [1.82, 2.24) is 5.32 Å². The zero-order chi connectivity index (χ0) is 24.1. The molecule has 4 rings (SSSR count). The molecule has 0 fully saturated rings. The van der Waals surface area contributed by atoms with Crippen LogP contribution >= 0.6 is 0 Å². The molecule has 0 aliphatic carbocycles. The molecule has 0 bridgehead atoms. The summed E-state index contributed by atoms with van der Waals surface area (Å²) < 4.78 is 0. The Balaban J connectivity index is 1.74. The summed E-state index contributed by atoms with van der Waals surface area (Å²) in [6.45, 7) is 4.60. The van der Waals surface area contributed by atoms with Crippen molar-refractivity contribution in [2.24, 2.45) is 5.92 Å². The summed E-state index contributed by atoms with van der Waals surface area (Å²) in [5.74, 6) is -0.615. The second-order valence-electron chi connectivity index (χ2n) is 8.57. The number of hydrogen-bond acceptors (Lipinski definition) is 3. The molecule has 0 saturated heterocycles. The maximum absolute atomic E-state index is 13.8. The van der Waals surface area contributed by atoms with Crippen molar-refractivity contribution in [3.63, 3.8) is 0 Å². The lowest BCUT2D eigenvalue weighted by atomic mass is 10.1. The van der Waals surface area contributed by atoms with Gasteiger partial charge in [0.1, 0.15) is 0 Å². The van der Waals surface area contributed by atoms with Gasteiger partial charge in [-0.15, -0.1) is 0 Å². The Hall–Kier alpha value is -4.13. The van der Waals surface area contributed by atoms with Gasteiger partial charge in [-0.05, 0) is 48.7 Å². The van der Waals surface area contributed by atoms with E-state index in [0.29, 0.717) is 35.2 Å². The molecule has 0 spiro atoms. The molecule has 7 heteroatoms. The number of rotatable bonds is 6. The van der Waals surface area contributed by atoms with Gasteiger partial charge in [0, 0.05) is 17.9 Å². The summed E-state index contributed by atoms with van der Waals surface area (Å²) in [6.07, 6.45) is 0.753. The van der Waals surface area contributed by atoms with Gasteiger partial charge < -0.3 is 15.5 Å². The topological polar surface area (TPSA) is 81.8 Å². The van der Waals surface area contributed by atoms with Crippen LogP contribution in [0.4, 0.5) is 27.5 Å². The molecule has 174 valence electrons.